The third kappa shape index (κ3) is 3.18. The van der Waals surface area contributed by atoms with Gasteiger partial charge in [0.05, 0.1) is 13.7 Å². The monoisotopic (exact) mass is 215 g/mol. The van der Waals surface area contributed by atoms with E-state index in [4.69, 9.17) is 9.47 Å². The maximum absolute atomic E-state index is 11.5. The van der Waals surface area contributed by atoms with Crippen molar-refractivity contribution in [2.45, 2.75) is 38.8 Å². The molecule has 4 nitrogen and oxygen atoms in total. The highest BCUT2D eigenvalue weighted by atomic mass is 16.5. The Morgan fingerprint density at radius 1 is 1.60 bits per heavy atom. The Kier molecular flexibility index (Phi) is 4.11. The second kappa shape index (κ2) is 4.94. The van der Waals surface area contributed by atoms with Gasteiger partial charge in [-0.25, -0.2) is 0 Å². The fraction of sp³-hybridized carbons (Fsp3) is 0.909. The average molecular weight is 215 g/mol. The summed E-state index contributed by atoms with van der Waals surface area (Å²) in [5, 5.41) is 3.29. The van der Waals surface area contributed by atoms with Gasteiger partial charge in [0.25, 0.3) is 0 Å². The lowest BCUT2D eigenvalue weighted by Gasteiger charge is -2.30. The second-order valence-corrected chi connectivity index (χ2v) is 4.67. The number of nitrogens with one attached hydrogen (secondary N) is 1. The lowest BCUT2D eigenvalue weighted by molar-refractivity contribution is -0.147. The molecule has 15 heavy (non-hydrogen) atoms. The summed E-state index contributed by atoms with van der Waals surface area (Å²) in [4.78, 5) is 11.5. The predicted molar refractivity (Wildman–Crippen MR) is 57.6 cm³/mol. The molecule has 1 aliphatic heterocycles. The van der Waals surface area contributed by atoms with Gasteiger partial charge in [-0.3, -0.25) is 10.1 Å². The van der Waals surface area contributed by atoms with E-state index in [0.29, 0.717) is 5.92 Å². The fourth-order valence-corrected chi connectivity index (χ4v) is 1.95. The van der Waals surface area contributed by atoms with Crippen molar-refractivity contribution in [3.63, 3.8) is 0 Å². The van der Waals surface area contributed by atoms with Gasteiger partial charge in [0, 0.05) is 12.6 Å². The number of carbonyl (C=O) groups excluding carboxylic acids is 1. The SMILES string of the molecule is COC(=O)C(C)(C)NC(C)C1CCOC1. The molecule has 1 fully saturated rings. The van der Waals surface area contributed by atoms with Crippen LogP contribution in [0.2, 0.25) is 0 Å². The van der Waals surface area contributed by atoms with E-state index in [1.807, 2.05) is 13.8 Å². The minimum Gasteiger partial charge on any atom is -0.468 e. The second-order valence-electron chi connectivity index (χ2n) is 4.67. The number of methoxy groups -OCH3 is 1. The normalized spacial score (nSPS) is 23.9. The minimum atomic E-state index is -0.628. The van der Waals surface area contributed by atoms with Crippen molar-refractivity contribution >= 4 is 5.97 Å². The summed E-state index contributed by atoms with van der Waals surface area (Å²) in [5.41, 5.74) is -0.628. The van der Waals surface area contributed by atoms with Gasteiger partial charge >= 0.3 is 5.97 Å². The Labute approximate surface area is 91.3 Å². The van der Waals surface area contributed by atoms with Gasteiger partial charge in [-0.1, -0.05) is 0 Å². The van der Waals surface area contributed by atoms with E-state index >= 15 is 0 Å². The fourth-order valence-electron chi connectivity index (χ4n) is 1.95. The Bertz CT molecular complexity index is 222. The third-order valence-electron chi connectivity index (χ3n) is 2.96. The molecule has 0 radical (unpaired) electrons. The molecule has 0 saturated carbocycles. The van der Waals surface area contributed by atoms with Crippen LogP contribution in [0.4, 0.5) is 0 Å². The molecule has 88 valence electrons. The van der Waals surface area contributed by atoms with Crippen molar-refractivity contribution in [2.24, 2.45) is 5.92 Å². The van der Waals surface area contributed by atoms with Crippen LogP contribution in [0.25, 0.3) is 0 Å². The van der Waals surface area contributed by atoms with E-state index in [1.165, 1.54) is 7.11 Å². The quantitative estimate of drug-likeness (QED) is 0.709. The van der Waals surface area contributed by atoms with E-state index in [0.717, 1.165) is 19.6 Å². The summed E-state index contributed by atoms with van der Waals surface area (Å²) in [5.74, 6) is 0.266. The summed E-state index contributed by atoms with van der Waals surface area (Å²) >= 11 is 0. The van der Waals surface area contributed by atoms with Gasteiger partial charge < -0.3 is 9.47 Å². The molecule has 0 aromatic rings. The maximum atomic E-state index is 11.5. The molecule has 1 saturated heterocycles. The zero-order chi connectivity index (χ0) is 11.5. The standard InChI is InChI=1S/C11H21NO3/c1-8(9-5-6-15-7-9)12-11(2,3)10(13)14-4/h8-9,12H,5-7H2,1-4H3. The lowest BCUT2D eigenvalue weighted by atomic mass is 9.96. The third-order valence-corrected chi connectivity index (χ3v) is 2.96. The maximum Gasteiger partial charge on any atom is 0.325 e. The van der Waals surface area contributed by atoms with Crippen LogP contribution in [0.3, 0.4) is 0 Å². The smallest absolute Gasteiger partial charge is 0.325 e. The summed E-state index contributed by atoms with van der Waals surface area (Å²) < 4.78 is 10.1. The molecule has 1 aliphatic rings. The van der Waals surface area contributed by atoms with Crippen LogP contribution in [0.5, 0.6) is 0 Å². The first-order chi connectivity index (χ1) is 6.97. The van der Waals surface area contributed by atoms with Crippen molar-refractivity contribution in [1.82, 2.24) is 5.32 Å². The molecule has 0 spiro atoms. The Balaban J connectivity index is 2.48. The lowest BCUT2D eigenvalue weighted by Crippen LogP contribution is -2.53. The topological polar surface area (TPSA) is 47.6 Å². The molecular formula is C11H21NO3. The van der Waals surface area contributed by atoms with E-state index in [-0.39, 0.29) is 12.0 Å². The molecule has 0 amide bonds. The first-order valence-corrected chi connectivity index (χ1v) is 5.41. The van der Waals surface area contributed by atoms with Crippen molar-refractivity contribution in [1.29, 1.82) is 0 Å². The van der Waals surface area contributed by atoms with Crippen molar-refractivity contribution < 1.29 is 14.3 Å². The zero-order valence-corrected chi connectivity index (χ0v) is 10.0. The molecule has 0 aliphatic carbocycles. The van der Waals surface area contributed by atoms with E-state index in [1.54, 1.807) is 0 Å². The molecule has 0 aromatic heterocycles. The number of hydrogen-bond acceptors (Lipinski definition) is 4. The molecule has 1 heterocycles. The van der Waals surface area contributed by atoms with E-state index in [9.17, 15) is 4.79 Å². The summed E-state index contributed by atoms with van der Waals surface area (Å²) in [7, 11) is 1.41. The average Bonchev–Trinajstić information content (AvgIpc) is 2.68. The van der Waals surface area contributed by atoms with Gasteiger partial charge in [0.15, 0.2) is 0 Å². The van der Waals surface area contributed by atoms with Gasteiger partial charge in [0.2, 0.25) is 0 Å². The first kappa shape index (κ1) is 12.5. The Morgan fingerprint density at radius 3 is 2.73 bits per heavy atom. The molecule has 4 heteroatoms. The molecule has 2 unspecified atom stereocenters. The highest BCUT2D eigenvalue weighted by Gasteiger charge is 2.33. The molecule has 1 rings (SSSR count). The number of carbonyl (C=O) groups is 1. The van der Waals surface area contributed by atoms with Gasteiger partial charge in [-0.2, -0.15) is 0 Å². The number of esters is 1. The summed E-state index contributed by atoms with van der Waals surface area (Å²) in [6.07, 6.45) is 1.06. The van der Waals surface area contributed by atoms with Crippen LogP contribution < -0.4 is 5.32 Å². The molecular weight excluding hydrogens is 194 g/mol. The minimum absolute atomic E-state index is 0.228. The van der Waals surface area contributed by atoms with Crippen LogP contribution in [-0.4, -0.2) is 37.9 Å². The summed E-state index contributed by atoms with van der Waals surface area (Å²) in [6, 6.07) is 0.265. The van der Waals surface area contributed by atoms with Crippen LogP contribution in [0, 0.1) is 5.92 Å². The molecule has 1 N–H and O–H groups in total. The molecule has 2 atom stereocenters. The number of ether oxygens (including phenoxy) is 2. The highest BCUT2D eigenvalue weighted by Crippen LogP contribution is 2.19. The van der Waals surface area contributed by atoms with Crippen LogP contribution >= 0.6 is 0 Å². The van der Waals surface area contributed by atoms with Crippen molar-refractivity contribution in [3.05, 3.63) is 0 Å². The van der Waals surface area contributed by atoms with E-state index < -0.39 is 5.54 Å². The Morgan fingerprint density at radius 2 is 2.27 bits per heavy atom. The first-order valence-electron chi connectivity index (χ1n) is 5.41. The van der Waals surface area contributed by atoms with Crippen molar-refractivity contribution in [2.75, 3.05) is 20.3 Å². The zero-order valence-electron chi connectivity index (χ0n) is 10.0. The summed E-state index contributed by atoms with van der Waals surface area (Å²) in [6.45, 7) is 7.38. The Hall–Kier alpha value is -0.610. The van der Waals surface area contributed by atoms with Crippen LogP contribution in [-0.2, 0) is 14.3 Å². The van der Waals surface area contributed by atoms with E-state index in [2.05, 4.69) is 12.2 Å². The molecule has 0 aromatic carbocycles. The highest BCUT2D eigenvalue weighted by molar-refractivity contribution is 5.79. The van der Waals surface area contributed by atoms with Crippen LogP contribution in [0.1, 0.15) is 27.2 Å². The predicted octanol–water partition coefficient (Wildman–Crippen LogP) is 0.953. The molecule has 0 bridgehead atoms. The van der Waals surface area contributed by atoms with Crippen molar-refractivity contribution in [3.8, 4) is 0 Å². The largest absolute Gasteiger partial charge is 0.468 e. The van der Waals surface area contributed by atoms with Crippen LogP contribution in [0.15, 0.2) is 0 Å². The van der Waals surface area contributed by atoms with Gasteiger partial charge in [-0.05, 0) is 33.1 Å². The number of hydrogen-bond donors (Lipinski definition) is 1. The number of rotatable bonds is 4. The van der Waals surface area contributed by atoms with Gasteiger partial charge in [-0.15, -0.1) is 0 Å². The van der Waals surface area contributed by atoms with Gasteiger partial charge in [0.1, 0.15) is 5.54 Å².